The van der Waals surface area contributed by atoms with Crippen LogP contribution in [0.5, 0.6) is 0 Å². The summed E-state index contributed by atoms with van der Waals surface area (Å²) in [4.78, 5) is 2.28. The second-order valence-electron chi connectivity index (χ2n) is 6.13. The van der Waals surface area contributed by atoms with E-state index < -0.39 is 5.82 Å². The maximum atomic E-state index is 13.2. The standard InChI is InChI=1S/C16H20ClFN4O/c1-11(23)12-3-2-6-21(8-12)9-13-10-22(20-19-13)14-4-5-16(18)15(17)7-14/h4-5,7,10-12,23H,2-3,6,8-9H2,1H3/t11-,12+/m1/s1. The molecule has 23 heavy (non-hydrogen) atoms. The fraction of sp³-hybridized carbons (Fsp3) is 0.500. The second kappa shape index (κ2) is 6.95. The van der Waals surface area contributed by atoms with E-state index in [4.69, 9.17) is 11.6 Å². The number of nitrogens with zero attached hydrogens (tertiary/aromatic N) is 4. The topological polar surface area (TPSA) is 54.2 Å². The Morgan fingerprint density at radius 1 is 1.48 bits per heavy atom. The van der Waals surface area contributed by atoms with Gasteiger partial charge in [0.2, 0.25) is 0 Å². The molecule has 2 aromatic rings. The van der Waals surface area contributed by atoms with E-state index in [0.717, 1.165) is 31.6 Å². The molecule has 3 rings (SSSR count). The average molecular weight is 339 g/mol. The lowest BCUT2D eigenvalue weighted by Gasteiger charge is -2.33. The van der Waals surface area contributed by atoms with Crippen LogP contribution in [0.1, 0.15) is 25.5 Å². The van der Waals surface area contributed by atoms with Crippen molar-refractivity contribution in [3.63, 3.8) is 0 Å². The Morgan fingerprint density at radius 2 is 2.30 bits per heavy atom. The highest BCUT2D eigenvalue weighted by Crippen LogP contribution is 2.22. The van der Waals surface area contributed by atoms with Crippen LogP contribution in [-0.2, 0) is 6.54 Å². The van der Waals surface area contributed by atoms with E-state index in [2.05, 4.69) is 15.2 Å². The molecular formula is C16H20ClFN4O. The van der Waals surface area contributed by atoms with Gasteiger partial charge in [0.25, 0.3) is 0 Å². The van der Waals surface area contributed by atoms with Gasteiger partial charge in [-0.3, -0.25) is 4.90 Å². The summed E-state index contributed by atoms with van der Waals surface area (Å²) in [5.74, 6) is -0.136. The van der Waals surface area contributed by atoms with Crippen molar-refractivity contribution in [2.24, 2.45) is 5.92 Å². The Morgan fingerprint density at radius 3 is 3.04 bits per heavy atom. The third kappa shape index (κ3) is 3.88. The number of benzene rings is 1. The fourth-order valence-electron chi connectivity index (χ4n) is 2.98. The van der Waals surface area contributed by atoms with Crippen LogP contribution in [0.15, 0.2) is 24.4 Å². The zero-order chi connectivity index (χ0) is 16.4. The lowest BCUT2D eigenvalue weighted by atomic mass is 9.93. The summed E-state index contributed by atoms with van der Waals surface area (Å²) in [6.45, 7) is 4.41. The molecule has 0 spiro atoms. The van der Waals surface area contributed by atoms with Crippen LogP contribution in [0, 0.1) is 11.7 Å². The predicted molar refractivity (Wildman–Crippen MR) is 86.0 cm³/mol. The van der Waals surface area contributed by atoms with E-state index in [0.29, 0.717) is 18.2 Å². The molecular weight excluding hydrogens is 319 g/mol. The fourth-order valence-corrected chi connectivity index (χ4v) is 3.16. The third-order valence-corrected chi connectivity index (χ3v) is 4.61. The molecule has 0 bridgehead atoms. The summed E-state index contributed by atoms with van der Waals surface area (Å²) in [6.07, 6.45) is 3.69. The van der Waals surface area contributed by atoms with Gasteiger partial charge < -0.3 is 5.11 Å². The van der Waals surface area contributed by atoms with Crippen LogP contribution < -0.4 is 0 Å². The molecule has 1 aromatic carbocycles. The minimum absolute atomic E-state index is 0.0651. The Hall–Kier alpha value is -1.50. The molecule has 5 nitrogen and oxygen atoms in total. The third-order valence-electron chi connectivity index (χ3n) is 4.32. The smallest absolute Gasteiger partial charge is 0.141 e. The maximum Gasteiger partial charge on any atom is 0.141 e. The number of aliphatic hydroxyl groups excluding tert-OH is 1. The van der Waals surface area contributed by atoms with E-state index in [1.807, 2.05) is 13.1 Å². The molecule has 1 fully saturated rings. The molecule has 0 unspecified atom stereocenters. The van der Waals surface area contributed by atoms with Gasteiger partial charge in [0, 0.05) is 13.1 Å². The molecule has 2 atom stereocenters. The van der Waals surface area contributed by atoms with Crippen LogP contribution in [0.4, 0.5) is 4.39 Å². The SMILES string of the molecule is C[C@@H](O)[C@H]1CCCN(Cc2cn(-c3ccc(F)c(Cl)c3)nn2)C1. The number of piperidine rings is 1. The highest BCUT2D eigenvalue weighted by molar-refractivity contribution is 6.30. The van der Waals surface area contributed by atoms with Crippen LogP contribution in [-0.4, -0.2) is 44.2 Å². The average Bonchev–Trinajstić information content (AvgIpc) is 2.99. The monoisotopic (exact) mass is 338 g/mol. The highest BCUT2D eigenvalue weighted by Gasteiger charge is 2.24. The van der Waals surface area contributed by atoms with E-state index in [1.165, 1.54) is 12.1 Å². The summed E-state index contributed by atoms with van der Waals surface area (Å²) < 4.78 is 14.8. The summed E-state index contributed by atoms with van der Waals surface area (Å²) in [7, 11) is 0. The van der Waals surface area contributed by atoms with Crippen LogP contribution in [0.3, 0.4) is 0 Å². The first-order valence-corrected chi connectivity index (χ1v) is 8.18. The van der Waals surface area contributed by atoms with Gasteiger partial charge >= 0.3 is 0 Å². The van der Waals surface area contributed by atoms with Gasteiger partial charge in [-0.1, -0.05) is 16.8 Å². The minimum Gasteiger partial charge on any atom is -0.393 e. The van der Waals surface area contributed by atoms with Gasteiger partial charge in [0.1, 0.15) is 5.82 Å². The zero-order valence-electron chi connectivity index (χ0n) is 13.0. The molecule has 0 saturated carbocycles. The van der Waals surface area contributed by atoms with Gasteiger partial charge in [-0.05, 0) is 50.4 Å². The molecule has 0 aliphatic carbocycles. The predicted octanol–water partition coefficient (Wildman–Crippen LogP) is 2.65. The number of aromatic nitrogens is 3. The van der Waals surface area contributed by atoms with Crippen molar-refractivity contribution in [1.82, 2.24) is 19.9 Å². The first kappa shape index (κ1) is 16.4. The van der Waals surface area contributed by atoms with Gasteiger partial charge in [-0.25, -0.2) is 9.07 Å². The molecule has 0 amide bonds. The molecule has 1 aliphatic heterocycles. The lowest BCUT2D eigenvalue weighted by molar-refractivity contribution is 0.0594. The lowest BCUT2D eigenvalue weighted by Crippen LogP contribution is -2.39. The summed E-state index contributed by atoms with van der Waals surface area (Å²) in [6, 6.07) is 4.46. The molecule has 0 radical (unpaired) electrons. The van der Waals surface area contributed by atoms with Crippen molar-refractivity contribution in [1.29, 1.82) is 0 Å². The Labute approximate surface area is 139 Å². The van der Waals surface area contributed by atoms with Crippen LogP contribution >= 0.6 is 11.6 Å². The highest BCUT2D eigenvalue weighted by atomic mass is 35.5. The molecule has 1 aliphatic rings. The molecule has 2 heterocycles. The second-order valence-corrected chi connectivity index (χ2v) is 6.54. The first-order chi connectivity index (χ1) is 11.0. The summed E-state index contributed by atoms with van der Waals surface area (Å²) in [5.41, 5.74) is 1.52. The number of hydrogen-bond acceptors (Lipinski definition) is 4. The maximum absolute atomic E-state index is 13.2. The Kier molecular flexibility index (Phi) is 4.94. The molecule has 1 saturated heterocycles. The molecule has 1 aromatic heterocycles. The van der Waals surface area contributed by atoms with Crippen molar-refractivity contribution < 1.29 is 9.50 Å². The van der Waals surface area contributed by atoms with Gasteiger partial charge in [-0.15, -0.1) is 5.10 Å². The van der Waals surface area contributed by atoms with E-state index in [-0.39, 0.29) is 11.1 Å². The number of rotatable bonds is 4. The van der Waals surface area contributed by atoms with Crippen LogP contribution in [0.25, 0.3) is 5.69 Å². The number of halogens is 2. The summed E-state index contributed by atoms with van der Waals surface area (Å²) in [5, 5.41) is 18.1. The zero-order valence-corrected chi connectivity index (χ0v) is 13.7. The number of hydrogen-bond donors (Lipinski definition) is 1. The Bertz CT molecular complexity index is 676. The van der Waals surface area contributed by atoms with E-state index in [9.17, 15) is 9.50 Å². The van der Waals surface area contributed by atoms with Crippen molar-refractivity contribution in [3.8, 4) is 5.69 Å². The first-order valence-electron chi connectivity index (χ1n) is 7.80. The quantitative estimate of drug-likeness (QED) is 0.931. The Balaban J connectivity index is 1.68. The number of likely N-dealkylation sites (tertiary alicyclic amines) is 1. The van der Waals surface area contributed by atoms with Crippen molar-refractivity contribution in [2.45, 2.75) is 32.4 Å². The number of aliphatic hydroxyl groups is 1. The van der Waals surface area contributed by atoms with Crippen molar-refractivity contribution in [2.75, 3.05) is 13.1 Å². The van der Waals surface area contributed by atoms with E-state index in [1.54, 1.807) is 10.7 Å². The normalized spacial score (nSPS) is 20.6. The van der Waals surface area contributed by atoms with Gasteiger partial charge in [0.15, 0.2) is 0 Å². The van der Waals surface area contributed by atoms with Crippen molar-refractivity contribution >= 4 is 11.6 Å². The van der Waals surface area contributed by atoms with Gasteiger partial charge in [-0.2, -0.15) is 0 Å². The molecule has 124 valence electrons. The summed E-state index contributed by atoms with van der Waals surface area (Å²) >= 11 is 5.80. The molecule has 1 N–H and O–H groups in total. The van der Waals surface area contributed by atoms with Gasteiger partial charge in [0.05, 0.1) is 28.7 Å². The van der Waals surface area contributed by atoms with Crippen LogP contribution in [0.2, 0.25) is 5.02 Å². The van der Waals surface area contributed by atoms with E-state index >= 15 is 0 Å². The van der Waals surface area contributed by atoms with Crippen molar-refractivity contribution in [3.05, 3.63) is 40.9 Å². The largest absolute Gasteiger partial charge is 0.393 e. The molecule has 7 heteroatoms. The minimum atomic E-state index is -0.451.